The van der Waals surface area contributed by atoms with Crippen LogP contribution in [0.1, 0.15) is 36.0 Å². The average Bonchev–Trinajstić information content (AvgIpc) is 2.59. The number of nitrogens with one attached hydrogen (secondary N) is 2. The number of rotatable bonds is 4. The fourth-order valence-corrected chi connectivity index (χ4v) is 3.94. The number of benzene rings is 1. The van der Waals surface area contributed by atoms with E-state index in [-0.39, 0.29) is 17.2 Å². The molecule has 2 saturated heterocycles. The number of likely N-dealkylation sites (tertiary alicyclic amines) is 1. The highest BCUT2D eigenvalue weighted by Crippen LogP contribution is 2.38. The van der Waals surface area contributed by atoms with E-state index < -0.39 is 0 Å². The van der Waals surface area contributed by atoms with Crippen molar-refractivity contribution in [2.45, 2.75) is 25.7 Å². The number of amides is 2. The van der Waals surface area contributed by atoms with Crippen molar-refractivity contribution in [1.29, 1.82) is 0 Å². The quantitative estimate of drug-likeness (QED) is 0.874. The predicted molar refractivity (Wildman–Crippen MR) is 94.1 cm³/mol. The Morgan fingerprint density at radius 3 is 2.75 bits per heavy atom. The van der Waals surface area contributed by atoms with E-state index in [1.807, 2.05) is 4.90 Å². The van der Waals surface area contributed by atoms with Crippen LogP contribution in [0, 0.1) is 5.41 Å². The Kier molecular flexibility index (Phi) is 5.41. The van der Waals surface area contributed by atoms with Gasteiger partial charge in [0.15, 0.2) is 0 Å². The van der Waals surface area contributed by atoms with Gasteiger partial charge in [-0.2, -0.15) is 0 Å². The molecule has 6 heteroatoms. The molecule has 2 N–H and O–H groups in total. The summed E-state index contributed by atoms with van der Waals surface area (Å²) in [5, 5.41) is 6.70. The molecule has 0 unspecified atom stereocenters. The van der Waals surface area contributed by atoms with Crippen LogP contribution in [0.2, 0.25) is 5.02 Å². The lowest BCUT2D eigenvalue weighted by Crippen LogP contribution is -2.52. The number of hydrogen-bond acceptors (Lipinski definition) is 3. The topological polar surface area (TPSA) is 61.4 Å². The lowest BCUT2D eigenvalue weighted by molar-refractivity contribution is -0.138. The fourth-order valence-electron chi connectivity index (χ4n) is 3.72. The average molecular weight is 350 g/mol. The number of carbonyl (C=O) groups is 2. The van der Waals surface area contributed by atoms with Crippen LogP contribution in [0.3, 0.4) is 0 Å². The van der Waals surface area contributed by atoms with Crippen molar-refractivity contribution < 1.29 is 9.59 Å². The summed E-state index contributed by atoms with van der Waals surface area (Å²) in [7, 11) is 0. The zero-order valence-corrected chi connectivity index (χ0v) is 14.6. The standard InChI is InChI=1S/C18H24ClN3O2/c19-15-4-2-1-3-14(15)17(24)21-11-12-22-13-18(6-5-16(22)23)7-9-20-10-8-18/h1-4,20H,5-13H2,(H,21,24). The van der Waals surface area contributed by atoms with Crippen molar-refractivity contribution in [3.05, 3.63) is 34.9 Å². The minimum absolute atomic E-state index is 0.193. The lowest BCUT2D eigenvalue weighted by atomic mass is 9.73. The third-order valence-corrected chi connectivity index (χ3v) is 5.53. The molecule has 0 saturated carbocycles. The highest BCUT2D eigenvalue weighted by atomic mass is 35.5. The largest absolute Gasteiger partial charge is 0.350 e. The van der Waals surface area contributed by atoms with Crippen molar-refractivity contribution in [1.82, 2.24) is 15.5 Å². The molecule has 1 aromatic rings. The minimum Gasteiger partial charge on any atom is -0.350 e. The zero-order chi connectivity index (χ0) is 17.0. The summed E-state index contributed by atoms with van der Waals surface area (Å²) < 4.78 is 0. The van der Waals surface area contributed by atoms with Crippen LogP contribution < -0.4 is 10.6 Å². The summed E-state index contributed by atoms with van der Waals surface area (Å²) in [6.07, 6.45) is 3.87. The molecule has 0 aliphatic carbocycles. The molecule has 2 aliphatic rings. The second-order valence-electron chi connectivity index (χ2n) is 6.80. The Hall–Kier alpha value is -1.59. The van der Waals surface area contributed by atoms with Crippen molar-refractivity contribution in [2.75, 3.05) is 32.7 Å². The summed E-state index contributed by atoms with van der Waals surface area (Å²) in [6, 6.07) is 6.99. The maximum Gasteiger partial charge on any atom is 0.252 e. The van der Waals surface area contributed by atoms with E-state index in [1.54, 1.807) is 24.3 Å². The molecule has 2 aliphatic heterocycles. The van der Waals surface area contributed by atoms with E-state index in [2.05, 4.69) is 10.6 Å². The summed E-state index contributed by atoms with van der Waals surface area (Å²) in [5.41, 5.74) is 0.741. The normalized spacial score (nSPS) is 20.2. The number of piperidine rings is 2. The zero-order valence-electron chi connectivity index (χ0n) is 13.8. The first-order chi connectivity index (χ1) is 11.6. The first-order valence-electron chi connectivity index (χ1n) is 8.61. The van der Waals surface area contributed by atoms with E-state index in [4.69, 9.17) is 11.6 Å². The molecule has 5 nitrogen and oxygen atoms in total. The third kappa shape index (κ3) is 3.90. The van der Waals surface area contributed by atoms with Gasteiger partial charge in [0.05, 0.1) is 10.6 Å². The predicted octanol–water partition coefficient (Wildman–Crippen LogP) is 2.06. The summed E-state index contributed by atoms with van der Waals surface area (Å²) >= 11 is 6.04. The molecule has 24 heavy (non-hydrogen) atoms. The van der Waals surface area contributed by atoms with Gasteiger partial charge < -0.3 is 15.5 Å². The number of hydrogen-bond donors (Lipinski definition) is 2. The van der Waals surface area contributed by atoms with Crippen LogP contribution in [0.15, 0.2) is 24.3 Å². The number of nitrogens with zero attached hydrogens (tertiary/aromatic N) is 1. The Balaban J connectivity index is 1.52. The van der Waals surface area contributed by atoms with Gasteiger partial charge in [0, 0.05) is 26.1 Å². The molecule has 2 heterocycles. The Morgan fingerprint density at radius 2 is 2.00 bits per heavy atom. The van der Waals surface area contributed by atoms with Crippen molar-refractivity contribution in [3.63, 3.8) is 0 Å². The smallest absolute Gasteiger partial charge is 0.252 e. The number of carbonyl (C=O) groups excluding carboxylic acids is 2. The molecule has 2 amide bonds. The highest BCUT2D eigenvalue weighted by Gasteiger charge is 2.39. The van der Waals surface area contributed by atoms with Crippen LogP contribution in [-0.2, 0) is 4.79 Å². The van der Waals surface area contributed by atoms with Gasteiger partial charge in [0.2, 0.25) is 5.91 Å². The summed E-state index contributed by atoms with van der Waals surface area (Å²) in [4.78, 5) is 26.3. The summed E-state index contributed by atoms with van der Waals surface area (Å²) in [6.45, 7) is 3.89. The lowest BCUT2D eigenvalue weighted by Gasteiger charge is -2.45. The highest BCUT2D eigenvalue weighted by molar-refractivity contribution is 6.33. The van der Waals surface area contributed by atoms with Crippen molar-refractivity contribution in [3.8, 4) is 0 Å². The Labute approximate surface area is 147 Å². The molecule has 0 aromatic heterocycles. The molecule has 0 atom stereocenters. The van der Waals surface area contributed by atoms with E-state index >= 15 is 0 Å². The molecule has 1 aromatic carbocycles. The fraction of sp³-hybridized carbons (Fsp3) is 0.556. The second-order valence-corrected chi connectivity index (χ2v) is 7.21. The van der Waals surface area contributed by atoms with E-state index in [0.29, 0.717) is 30.1 Å². The van der Waals surface area contributed by atoms with Crippen LogP contribution in [0.25, 0.3) is 0 Å². The molecule has 0 bridgehead atoms. The first kappa shape index (κ1) is 17.2. The van der Waals surface area contributed by atoms with Crippen molar-refractivity contribution >= 4 is 23.4 Å². The van der Waals surface area contributed by atoms with Gasteiger partial charge in [0.25, 0.3) is 5.91 Å². The van der Waals surface area contributed by atoms with Gasteiger partial charge in [-0.1, -0.05) is 23.7 Å². The van der Waals surface area contributed by atoms with Gasteiger partial charge in [-0.05, 0) is 49.9 Å². The van der Waals surface area contributed by atoms with Crippen LogP contribution >= 0.6 is 11.6 Å². The SMILES string of the molecule is O=C(NCCN1CC2(CCNCC2)CCC1=O)c1ccccc1Cl. The van der Waals surface area contributed by atoms with Crippen LogP contribution in [0.5, 0.6) is 0 Å². The minimum atomic E-state index is -0.193. The van der Waals surface area contributed by atoms with Crippen LogP contribution in [0.4, 0.5) is 0 Å². The van der Waals surface area contributed by atoms with E-state index in [0.717, 1.165) is 38.9 Å². The maximum absolute atomic E-state index is 12.2. The molecular weight excluding hydrogens is 326 g/mol. The Morgan fingerprint density at radius 1 is 1.25 bits per heavy atom. The van der Waals surface area contributed by atoms with Gasteiger partial charge in [-0.15, -0.1) is 0 Å². The first-order valence-corrected chi connectivity index (χ1v) is 8.99. The number of halogens is 1. The maximum atomic E-state index is 12.2. The van der Waals surface area contributed by atoms with E-state index in [1.165, 1.54) is 0 Å². The van der Waals surface area contributed by atoms with E-state index in [9.17, 15) is 9.59 Å². The molecule has 1 spiro atoms. The molecule has 3 rings (SSSR count). The van der Waals surface area contributed by atoms with Gasteiger partial charge in [-0.25, -0.2) is 0 Å². The monoisotopic (exact) mass is 349 g/mol. The van der Waals surface area contributed by atoms with Gasteiger partial charge >= 0.3 is 0 Å². The van der Waals surface area contributed by atoms with Crippen molar-refractivity contribution in [2.24, 2.45) is 5.41 Å². The van der Waals surface area contributed by atoms with Crippen LogP contribution in [-0.4, -0.2) is 49.4 Å². The third-order valence-electron chi connectivity index (χ3n) is 5.20. The molecule has 2 fully saturated rings. The van der Waals surface area contributed by atoms with Gasteiger partial charge in [0.1, 0.15) is 0 Å². The summed E-state index contributed by atoms with van der Waals surface area (Å²) in [5.74, 6) is 0.00721. The molecule has 0 radical (unpaired) electrons. The van der Waals surface area contributed by atoms with Gasteiger partial charge in [-0.3, -0.25) is 9.59 Å². The molecule has 130 valence electrons. The second kappa shape index (κ2) is 7.53. The Bertz CT molecular complexity index is 614. The molecular formula is C18H24ClN3O2.